The van der Waals surface area contributed by atoms with Crippen LogP contribution in [0.25, 0.3) is 0 Å². The zero-order valence-electron chi connectivity index (χ0n) is 16.9. The first-order valence-corrected chi connectivity index (χ1v) is 10.6. The lowest BCUT2D eigenvalue weighted by Crippen LogP contribution is -2.47. The number of carbonyl (C=O) groups is 2. The maximum Gasteiger partial charge on any atom is 0.311 e. The molecule has 2 fully saturated rings. The SMILES string of the molecule is O=C(NC1CCC(c2ccccc2F)C1)C(=O)N1CCCOC(c2ccccc2)C1. The Balaban J connectivity index is 1.35. The van der Waals surface area contributed by atoms with Gasteiger partial charge in [-0.1, -0.05) is 48.5 Å². The van der Waals surface area contributed by atoms with Gasteiger partial charge in [0.05, 0.1) is 6.54 Å². The lowest BCUT2D eigenvalue weighted by molar-refractivity contribution is -0.146. The molecule has 0 spiro atoms. The highest BCUT2D eigenvalue weighted by molar-refractivity contribution is 6.35. The lowest BCUT2D eigenvalue weighted by Gasteiger charge is -2.24. The van der Waals surface area contributed by atoms with Gasteiger partial charge in [0.2, 0.25) is 0 Å². The van der Waals surface area contributed by atoms with Gasteiger partial charge in [-0.25, -0.2) is 4.39 Å². The van der Waals surface area contributed by atoms with E-state index in [0.717, 1.165) is 18.4 Å². The molecule has 0 bridgehead atoms. The minimum absolute atomic E-state index is 0.0700. The monoisotopic (exact) mass is 410 g/mol. The summed E-state index contributed by atoms with van der Waals surface area (Å²) in [5.41, 5.74) is 1.69. The Morgan fingerprint density at radius 2 is 1.80 bits per heavy atom. The third-order valence-electron chi connectivity index (χ3n) is 6.04. The van der Waals surface area contributed by atoms with E-state index < -0.39 is 11.8 Å². The molecule has 1 aliphatic carbocycles. The number of ether oxygens (including phenoxy) is 1. The highest BCUT2D eigenvalue weighted by Gasteiger charge is 2.32. The van der Waals surface area contributed by atoms with Crippen LogP contribution < -0.4 is 5.32 Å². The van der Waals surface area contributed by atoms with Gasteiger partial charge in [-0.3, -0.25) is 9.59 Å². The number of benzene rings is 2. The zero-order chi connectivity index (χ0) is 20.9. The van der Waals surface area contributed by atoms with E-state index in [1.807, 2.05) is 36.4 Å². The zero-order valence-corrected chi connectivity index (χ0v) is 16.9. The predicted molar refractivity (Wildman–Crippen MR) is 111 cm³/mol. The molecular formula is C24H27FN2O3. The van der Waals surface area contributed by atoms with Gasteiger partial charge in [-0.15, -0.1) is 0 Å². The quantitative estimate of drug-likeness (QED) is 0.787. The number of nitrogens with one attached hydrogen (secondary N) is 1. The van der Waals surface area contributed by atoms with E-state index in [1.165, 1.54) is 6.07 Å². The summed E-state index contributed by atoms with van der Waals surface area (Å²) in [5, 5.41) is 2.88. The minimum atomic E-state index is -0.581. The fourth-order valence-corrected chi connectivity index (χ4v) is 4.47. The molecule has 3 unspecified atom stereocenters. The molecule has 2 aliphatic rings. The molecule has 1 saturated carbocycles. The minimum Gasteiger partial charge on any atom is -0.372 e. The standard InChI is InChI=1S/C24H27FN2O3/c25-21-10-5-4-9-20(21)18-11-12-19(15-18)26-23(28)24(29)27-13-6-14-30-22(16-27)17-7-2-1-3-8-17/h1-5,7-10,18-19,22H,6,11-16H2,(H,26,28). The highest BCUT2D eigenvalue weighted by Crippen LogP contribution is 2.35. The normalized spacial score (nSPS) is 24.3. The molecule has 2 aromatic rings. The number of hydrogen-bond donors (Lipinski definition) is 1. The molecule has 158 valence electrons. The molecule has 30 heavy (non-hydrogen) atoms. The Labute approximate surface area is 176 Å². The van der Waals surface area contributed by atoms with Gasteiger partial charge in [0.25, 0.3) is 0 Å². The third-order valence-corrected chi connectivity index (χ3v) is 6.04. The van der Waals surface area contributed by atoms with E-state index in [4.69, 9.17) is 4.74 Å². The number of halogens is 1. The van der Waals surface area contributed by atoms with Gasteiger partial charge >= 0.3 is 11.8 Å². The molecule has 1 heterocycles. The summed E-state index contributed by atoms with van der Waals surface area (Å²) < 4.78 is 20.0. The van der Waals surface area contributed by atoms with E-state index in [9.17, 15) is 14.0 Å². The van der Waals surface area contributed by atoms with Gasteiger partial charge in [-0.05, 0) is 48.8 Å². The van der Waals surface area contributed by atoms with E-state index in [1.54, 1.807) is 17.0 Å². The van der Waals surface area contributed by atoms with Crippen LogP contribution in [0.1, 0.15) is 48.8 Å². The van der Waals surface area contributed by atoms with E-state index in [0.29, 0.717) is 38.1 Å². The summed E-state index contributed by atoms with van der Waals surface area (Å²) in [5.74, 6) is -1.23. The second-order valence-electron chi connectivity index (χ2n) is 8.08. The fraction of sp³-hybridized carbons (Fsp3) is 0.417. The Morgan fingerprint density at radius 1 is 1.03 bits per heavy atom. The molecule has 1 aliphatic heterocycles. The Bertz CT molecular complexity index is 889. The summed E-state index contributed by atoms with van der Waals surface area (Å²) in [4.78, 5) is 27.1. The van der Waals surface area contributed by atoms with E-state index >= 15 is 0 Å². The average molecular weight is 410 g/mol. The van der Waals surface area contributed by atoms with Gasteiger partial charge in [0, 0.05) is 19.2 Å². The summed E-state index contributed by atoms with van der Waals surface area (Å²) in [7, 11) is 0. The van der Waals surface area contributed by atoms with Crippen molar-refractivity contribution in [3.8, 4) is 0 Å². The summed E-state index contributed by atoms with van der Waals surface area (Å²) in [6, 6.07) is 16.4. The molecule has 4 rings (SSSR count). The first-order chi connectivity index (χ1) is 14.6. The molecule has 2 aromatic carbocycles. The highest BCUT2D eigenvalue weighted by atomic mass is 19.1. The smallest absolute Gasteiger partial charge is 0.311 e. The van der Waals surface area contributed by atoms with Crippen molar-refractivity contribution in [1.29, 1.82) is 0 Å². The summed E-state index contributed by atoms with van der Waals surface area (Å²) in [6.45, 7) is 1.41. The fourth-order valence-electron chi connectivity index (χ4n) is 4.47. The maximum atomic E-state index is 14.1. The topological polar surface area (TPSA) is 58.6 Å². The van der Waals surface area contributed by atoms with Crippen molar-refractivity contribution in [1.82, 2.24) is 10.2 Å². The molecule has 2 amide bonds. The predicted octanol–water partition coefficient (Wildman–Crippen LogP) is 3.57. The van der Waals surface area contributed by atoms with Gasteiger partial charge in [0.15, 0.2) is 0 Å². The van der Waals surface area contributed by atoms with Crippen molar-refractivity contribution >= 4 is 11.8 Å². The van der Waals surface area contributed by atoms with Crippen LogP contribution in [0.5, 0.6) is 0 Å². The first-order valence-electron chi connectivity index (χ1n) is 10.6. The van der Waals surface area contributed by atoms with Crippen molar-refractivity contribution in [2.45, 2.75) is 43.7 Å². The number of nitrogens with zero attached hydrogens (tertiary/aromatic N) is 1. The average Bonchev–Trinajstić information content (AvgIpc) is 3.08. The lowest BCUT2D eigenvalue weighted by atomic mass is 9.97. The molecule has 6 heteroatoms. The van der Waals surface area contributed by atoms with Crippen LogP contribution in [0.15, 0.2) is 54.6 Å². The maximum absolute atomic E-state index is 14.1. The number of amides is 2. The molecule has 0 aromatic heterocycles. The Morgan fingerprint density at radius 3 is 2.60 bits per heavy atom. The second kappa shape index (κ2) is 9.39. The number of rotatable bonds is 3. The number of hydrogen-bond acceptors (Lipinski definition) is 3. The summed E-state index contributed by atoms with van der Waals surface area (Å²) in [6.07, 6.45) is 2.65. The molecular weight excluding hydrogens is 383 g/mol. The van der Waals surface area contributed by atoms with Crippen LogP contribution in [-0.2, 0) is 14.3 Å². The van der Waals surface area contributed by atoms with Gasteiger partial charge in [-0.2, -0.15) is 0 Å². The number of carbonyl (C=O) groups excluding carboxylic acids is 2. The van der Waals surface area contributed by atoms with Crippen molar-refractivity contribution in [3.63, 3.8) is 0 Å². The van der Waals surface area contributed by atoms with E-state index in [2.05, 4.69) is 5.32 Å². The van der Waals surface area contributed by atoms with Crippen molar-refractivity contribution in [2.24, 2.45) is 0 Å². The van der Waals surface area contributed by atoms with Crippen molar-refractivity contribution in [3.05, 3.63) is 71.5 Å². The van der Waals surface area contributed by atoms with Crippen molar-refractivity contribution in [2.75, 3.05) is 19.7 Å². The van der Waals surface area contributed by atoms with Crippen LogP contribution in [0.4, 0.5) is 4.39 Å². The molecule has 1 N–H and O–H groups in total. The Hall–Kier alpha value is -2.73. The van der Waals surface area contributed by atoms with Crippen LogP contribution in [-0.4, -0.2) is 42.5 Å². The van der Waals surface area contributed by atoms with Crippen LogP contribution in [0.2, 0.25) is 0 Å². The van der Waals surface area contributed by atoms with Crippen LogP contribution in [0, 0.1) is 5.82 Å². The van der Waals surface area contributed by atoms with Gasteiger partial charge in [0.1, 0.15) is 11.9 Å². The molecule has 1 saturated heterocycles. The first kappa shape index (κ1) is 20.5. The van der Waals surface area contributed by atoms with Crippen molar-refractivity contribution < 1.29 is 18.7 Å². The molecule has 3 atom stereocenters. The Kier molecular flexibility index (Phi) is 6.43. The van der Waals surface area contributed by atoms with Gasteiger partial charge < -0.3 is 15.0 Å². The summed E-state index contributed by atoms with van der Waals surface area (Å²) >= 11 is 0. The van der Waals surface area contributed by atoms with Crippen LogP contribution in [0.3, 0.4) is 0 Å². The van der Waals surface area contributed by atoms with Crippen LogP contribution >= 0.6 is 0 Å². The second-order valence-corrected chi connectivity index (χ2v) is 8.08. The largest absolute Gasteiger partial charge is 0.372 e. The third kappa shape index (κ3) is 4.70. The van der Waals surface area contributed by atoms with E-state index in [-0.39, 0.29) is 23.9 Å². The molecule has 0 radical (unpaired) electrons. The molecule has 5 nitrogen and oxygen atoms in total.